The van der Waals surface area contributed by atoms with Gasteiger partial charge < -0.3 is 10.1 Å². The highest BCUT2D eigenvalue weighted by atomic mass is 16.5. The van der Waals surface area contributed by atoms with Gasteiger partial charge in [-0.3, -0.25) is 9.89 Å². The third-order valence-electron chi connectivity index (χ3n) is 4.30. The minimum absolute atomic E-state index is 0.00873. The molecule has 0 radical (unpaired) electrons. The first-order chi connectivity index (χ1) is 11.6. The van der Waals surface area contributed by atoms with Gasteiger partial charge >= 0.3 is 0 Å². The molecule has 0 bridgehead atoms. The number of hydrogen-bond acceptors (Lipinski definition) is 5. The molecule has 0 saturated carbocycles. The number of hydrogen-bond donors (Lipinski definition) is 2. The summed E-state index contributed by atoms with van der Waals surface area (Å²) in [6.07, 6.45) is 7.08. The molecule has 7 nitrogen and oxygen atoms in total. The van der Waals surface area contributed by atoms with Crippen molar-refractivity contribution in [3.63, 3.8) is 0 Å². The Balaban J connectivity index is 1.52. The number of carbonyl (C=O) groups is 1. The van der Waals surface area contributed by atoms with Crippen LogP contribution in [0.15, 0.2) is 12.4 Å². The molecule has 1 fully saturated rings. The van der Waals surface area contributed by atoms with Crippen molar-refractivity contribution in [3.8, 4) is 0 Å². The second kappa shape index (κ2) is 7.53. The molecular weight excluding hydrogens is 306 g/mol. The van der Waals surface area contributed by atoms with Crippen LogP contribution in [0, 0.1) is 13.8 Å². The Bertz CT molecular complexity index is 670. The molecule has 3 heterocycles. The maximum Gasteiger partial charge on any atom is 0.224 e. The van der Waals surface area contributed by atoms with Crippen LogP contribution in [-0.2, 0) is 22.5 Å². The van der Waals surface area contributed by atoms with Gasteiger partial charge in [-0.2, -0.15) is 5.10 Å². The van der Waals surface area contributed by atoms with Crippen LogP contribution in [0.5, 0.6) is 0 Å². The monoisotopic (exact) mass is 329 g/mol. The molecule has 0 unspecified atom stereocenters. The van der Waals surface area contributed by atoms with Crippen molar-refractivity contribution in [2.45, 2.75) is 52.2 Å². The van der Waals surface area contributed by atoms with Crippen LogP contribution < -0.4 is 5.32 Å². The predicted octanol–water partition coefficient (Wildman–Crippen LogP) is 1.92. The molecule has 1 saturated heterocycles. The Morgan fingerprint density at radius 3 is 2.75 bits per heavy atom. The molecule has 2 aromatic rings. The molecule has 2 N–H and O–H groups in total. The first-order valence-electron chi connectivity index (χ1n) is 8.33. The van der Waals surface area contributed by atoms with Crippen molar-refractivity contribution in [1.29, 1.82) is 0 Å². The van der Waals surface area contributed by atoms with E-state index >= 15 is 0 Å². The van der Waals surface area contributed by atoms with E-state index in [1.807, 2.05) is 13.8 Å². The van der Waals surface area contributed by atoms with Crippen LogP contribution in [-0.4, -0.2) is 32.7 Å². The predicted molar refractivity (Wildman–Crippen MR) is 88.2 cm³/mol. The number of rotatable bonds is 5. The molecule has 0 aromatic carbocycles. The SMILES string of the molecule is Cc1n[nH]c(C)c1CC(=O)NCc1cnc([C@H]2CCCCO2)nc1. The fourth-order valence-electron chi connectivity index (χ4n) is 2.82. The van der Waals surface area contributed by atoms with Crippen LogP contribution >= 0.6 is 0 Å². The average Bonchev–Trinajstić information content (AvgIpc) is 2.93. The lowest BCUT2D eigenvalue weighted by molar-refractivity contribution is -0.120. The van der Waals surface area contributed by atoms with Gasteiger partial charge in [-0.1, -0.05) is 0 Å². The summed E-state index contributed by atoms with van der Waals surface area (Å²) in [6.45, 7) is 5.01. The van der Waals surface area contributed by atoms with Crippen LogP contribution in [0.4, 0.5) is 0 Å². The Hall–Kier alpha value is -2.28. The molecule has 2 aromatic heterocycles. The van der Waals surface area contributed by atoms with Crippen LogP contribution in [0.25, 0.3) is 0 Å². The zero-order valence-electron chi connectivity index (χ0n) is 14.1. The number of H-pyrrole nitrogens is 1. The molecule has 1 aliphatic heterocycles. The van der Waals surface area contributed by atoms with Crippen molar-refractivity contribution in [2.24, 2.45) is 0 Å². The first-order valence-corrected chi connectivity index (χ1v) is 8.33. The van der Waals surface area contributed by atoms with Gasteiger partial charge in [0.15, 0.2) is 5.82 Å². The minimum Gasteiger partial charge on any atom is -0.370 e. The van der Waals surface area contributed by atoms with Gasteiger partial charge in [0, 0.05) is 42.4 Å². The molecule has 1 amide bonds. The van der Waals surface area contributed by atoms with Gasteiger partial charge in [0.25, 0.3) is 0 Å². The largest absolute Gasteiger partial charge is 0.370 e. The Labute approximate surface area is 141 Å². The highest BCUT2D eigenvalue weighted by Crippen LogP contribution is 2.24. The topological polar surface area (TPSA) is 92.8 Å². The first kappa shape index (κ1) is 16.6. The van der Waals surface area contributed by atoms with E-state index in [2.05, 4.69) is 25.5 Å². The molecule has 128 valence electrons. The summed E-state index contributed by atoms with van der Waals surface area (Å²) >= 11 is 0. The van der Waals surface area contributed by atoms with Crippen molar-refractivity contribution < 1.29 is 9.53 Å². The van der Waals surface area contributed by atoms with E-state index in [4.69, 9.17) is 4.74 Å². The summed E-state index contributed by atoms with van der Waals surface area (Å²) < 4.78 is 5.68. The average molecular weight is 329 g/mol. The third kappa shape index (κ3) is 3.97. The lowest BCUT2D eigenvalue weighted by Crippen LogP contribution is -2.25. The second-order valence-corrected chi connectivity index (χ2v) is 6.17. The van der Waals surface area contributed by atoms with Crippen molar-refractivity contribution in [2.75, 3.05) is 6.61 Å². The van der Waals surface area contributed by atoms with Gasteiger partial charge in [0.05, 0.1) is 12.1 Å². The Morgan fingerprint density at radius 2 is 2.12 bits per heavy atom. The Morgan fingerprint density at radius 1 is 1.33 bits per heavy atom. The maximum absolute atomic E-state index is 12.1. The number of nitrogens with one attached hydrogen (secondary N) is 2. The summed E-state index contributed by atoms with van der Waals surface area (Å²) in [5.41, 5.74) is 3.63. The quantitative estimate of drug-likeness (QED) is 0.874. The minimum atomic E-state index is -0.0395. The standard InChI is InChI=1S/C17H23N5O2/c1-11-14(12(2)22-21-11)7-16(23)18-8-13-9-19-17(20-10-13)15-5-3-4-6-24-15/h9-10,15H,3-8H2,1-2H3,(H,18,23)(H,21,22)/t15-/m1/s1. The van der Waals surface area contributed by atoms with Crippen molar-refractivity contribution >= 4 is 5.91 Å². The lowest BCUT2D eigenvalue weighted by Gasteiger charge is -2.21. The number of aryl methyl sites for hydroxylation is 2. The van der Waals surface area contributed by atoms with Gasteiger partial charge in [-0.15, -0.1) is 0 Å². The number of ether oxygens (including phenoxy) is 1. The summed E-state index contributed by atoms with van der Waals surface area (Å²) in [7, 11) is 0. The van der Waals surface area contributed by atoms with E-state index < -0.39 is 0 Å². The highest BCUT2D eigenvalue weighted by Gasteiger charge is 2.18. The Kier molecular flexibility index (Phi) is 5.20. The van der Waals surface area contributed by atoms with E-state index in [1.165, 1.54) is 0 Å². The van der Waals surface area contributed by atoms with Gasteiger partial charge in [0.2, 0.25) is 5.91 Å². The summed E-state index contributed by atoms with van der Waals surface area (Å²) in [4.78, 5) is 20.9. The second-order valence-electron chi connectivity index (χ2n) is 6.17. The molecule has 24 heavy (non-hydrogen) atoms. The number of aromatic nitrogens is 4. The van der Waals surface area contributed by atoms with E-state index in [0.29, 0.717) is 13.0 Å². The van der Waals surface area contributed by atoms with Gasteiger partial charge in [-0.05, 0) is 33.1 Å². The van der Waals surface area contributed by atoms with Crippen molar-refractivity contribution in [3.05, 3.63) is 40.7 Å². The zero-order chi connectivity index (χ0) is 16.9. The van der Waals surface area contributed by atoms with E-state index in [1.54, 1.807) is 12.4 Å². The van der Waals surface area contributed by atoms with Crippen LogP contribution in [0.1, 0.15) is 53.7 Å². The number of amides is 1. The van der Waals surface area contributed by atoms with Gasteiger partial charge in [0.1, 0.15) is 6.10 Å². The summed E-state index contributed by atoms with van der Waals surface area (Å²) in [5.74, 6) is 0.691. The molecule has 7 heteroatoms. The molecular formula is C17H23N5O2. The van der Waals surface area contributed by atoms with E-state index in [9.17, 15) is 4.79 Å². The van der Waals surface area contributed by atoms with Crippen LogP contribution in [0.3, 0.4) is 0 Å². The number of nitrogens with zero attached hydrogens (tertiary/aromatic N) is 3. The normalized spacial score (nSPS) is 17.7. The smallest absolute Gasteiger partial charge is 0.224 e. The molecule has 0 aliphatic carbocycles. The number of carbonyl (C=O) groups excluding carboxylic acids is 1. The number of aromatic amines is 1. The molecule has 1 aliphatic rings. The molecule has 1 atom stereocenters. The fraction of sp³-hybridized carbons (Fsp3) is 0.529. The van der Waals surface area contributed by atoms with E-state index in [-0.39, 0.29) is 12.0 Å². The maximum atomic E-state index is 12.1. The fourth-order valence-corrected chi connectivity index (χ4v) is 2.82. The van der Waals surface area contributed by atoms with E-state index in [0.717, 1.165) is 54.2 Å². The summed E-state index contributed by atoms with van der Waals surface area (Å²) in [6, 6.07) is 0. The molecule has 3 rings (SSSR count). The molecule has 0 spiro atoms. The lowest BCUT2D eigenvalue weighted by atomic mass is 10.1. The summed E-state index contributed by atoms with van der Waals surface area (Å²) in [5, 5.41) is 9.90. The highest BCUT2D eigenvalue weighted by molar-refractivity contribution is 5.79. The zero-order valence-corrected chi connectivity index (χ0v) is 14.1. The van der Waals surface area contributed by atoms with Crippen molar-refractivity contribution in [1.82, 2.24) is 25.5 Å². The van der Waals surface area contributed by atoms with Crippen LogP contribution in [0.2, 0.25) is 0 Å². The van der Waals surface area contributed by atoms with Gasteiger partial charge in [-0.25, -0.2) is 9.97 Å². The third-order valence-corrected chi connectivity index (χ3v) is 4.30.